The molecule has 0 unspecified atom stereocenters. The van der Waals surface area contributed by atoms with E-state index in [0.29, 0.717) is 12.2 Å². The molecule has 0 aliphatic carbocycles. The van der Waals surface area contributed by atoms with Crippen LogP contribution in [0.25, 0.3) is 0 Å². The molecule has 1 rings (SSSR count). The molecule has 1 aromatic heterocycles. The number of carbonyl (C=O) groups excluding carboxylic acids is 1. The maximum absolute atomic E-state index is 11.2. The molecule has 1 heterocycles. The second-order valence-corrected chi connectivity index (χ2v) is 2.38. The van der Waals surface area contributed by atoms with E-state index in [1.807, 2.05) is 13.8 Å². The number of amides is 1. The topological polar surface area (TPSA) is 54.1 Å². The lowest BCUT2D eigenvalue weighted by Crippen LogP contribution is -2.23. The first kappa shape index (κ1) is 8.80. The molecule has 2 N–H and O–H groups in total. The molecule has 0 aliphatic rings. The van der Waals surface area contributed by atoms with Crippen molar-refractivity contribution in [1.82, 2.24) is 10.5 Å². The minimum atomic E-state index is -0.212. The van der Waals surface area contributed by atoms with Gasteiger partial charge >= 0.3 is 0 Å². The van der Waals surface area contributed by atoms with Crippen molar-refractivity contribution in [1.29, 1.82) is 0 Å². The van der Waals surface area contributed by atoms with Crippen LogP contribution in [0.4, 0.5) is 0 Å². The van der Waals surface area contributed by atoms with Gasteiger partial charge in [0.05, 0.1) is 12.2 Å². The lowest BCUT2D eigenvalue weighted by Gasteiger charge is -2.01. The molecule has 0 aromatic carbocycles. The van der Waals surface area contributed by atoms with Gasteiger partial charge in [-0.3, -0.25) is 9.63 Å². The summed E-state index contributed by atoms with van der Waals surface area (Å²) >= 11 is 0. The third-order valence-corrected chi connectivity index (χ3v) is 1.51. The quantitative estimate of drug-likeness (QED) is 0.661. The summed E-state index contributed by atoms with van der Waals surface area (Å²) in [6.07, 6.45) is 1.72. The van der Waals surface area contributed by atoms with Crippen molar-refractivity contribution in [2.45, 2.75) is 13.8 Å². The second-order valence-electron chi connectivity index (χ2n) is 2.38. The number of aromatic amines is 1. The Hall–Kier alpha value is -1.29. The molecule has 0 bridgehead atoms. The second kappa shape index (κ2) is 3.92. The third-order valence-electron chi connectivity index (χ3n) is 1.51. The van der Waals surface area contributed by atoms with E-state index < -0.39 is 0 Å². The van der Waals surface area contributed by atoms with Crippen LogP contribution in [0.1, 0.15) is 23.0 Å². The number of hydrogen-bond donors (Lipinski definition) is 2. The summed E-state index contributed by atoms with van der Waals surface area (Å²) < 4.78 is 0. The van der Waals surface area contributed by atoms with Crippen molar-refractivity contribution in [3.63, 3.8) is 0 Å². The fourth-order valence-corrected chi connectivity index (χ4v) is 0.891. The molecule has 0 spiro atoms. The highest BCUT2D eigenvalue weighted by Gasteiger charge is 2.08. The SMILES string of the molecule is CCONC(=O)c1cc[nH]c1C. The highest BCUT2D eigenvalue weighted by Crippen LogP contribution is 2.03. The van der Waals surface area contributed by atoms with E-state index in [-0.39, 0.29) is 5.91 Å². The highest BCUT2D eigenvalue weighted by atomic mass is 16.6. The van der Waals surface area contributed by atoms with Gasteiger partial charge in [0.2, 0.25) is 0 Å². The molecule has 66 valence electrons. The lowest BCUT2D eigenvalue weighted by molar-refractivity contribution is 0.0364. The molecule has 0 saturated carbocycles. The van der Waals surface area contributed by atoms with Crippen molar-refractivity contribution in [3.8, 4) is 0 Å². The van der Waals surface area contributed by atoms with Crippen LogP contribution >= 0.6 is 0 Å². The van der Waals surface area contributed by atoms with Crippen LogP contribution in [0.3, 0.4) is 0 Å². The molecular formula is C8H12N2O2. The maximum atomic E-state index is 11.2. The van der Waals surface area contributed by atoms with Gasteiger partial charge in [-0.05, 0) is 19.9 Å². The van der Waals surface area contributed by atoms with E-state index in [2.05, 4.69) is 10.5 Å². The van der Waals surface area contributed by atoms with Crippen LogP contribution in [-0.4, -0.2) is 17.5 Å². The molecule has 1 amide bonds. The molecular weight excluding hydrogens is 156 g/mol. The van der Waals surface area contributed by atoms with Gasteiger partial charge in [0, 0.05) is 11.9 Å². The molecule has 4 nitrogen and oxygen atoms in total. The molecule has 0 fully saturated rings. The average molecular weight is 168 g/mol. The Balaban J connectivity index is 2.59. The Morgan fingerprint density at radius 2 is 2.50 bits per heavy atom. The summed E-state index contributed by atoms with van der Waals surface area (Å²) in [7, 11) is 0. The van der Waals surface area contributed by atoms with E-state index in [1.165, 1.54) is 0 Å². The van der Waals surface area contributed by atoms with Gasteiger partial charge in [-0.15, -0.1) is 0 Å². The van der Waals surface area contributed by atoms with Crippen molar-refractivity contribution < 1.29 is 9.63 Å². The number of hydroxylamine groups is 1. The number of rotatable bonds is 3. The van der Waals surface area contributed by atoms with Crippen LogP contribution in [0.15, 0.2) is 12.3 Å². The van der Waals surface area contributed by atoms with Gasteiger partial charge in [0.15, 0.2) is 0 Å². The molecule has 0 atom stereocenters. The summed E-state index contributed by atoms with van der Waals surface area (Å²) in [6.45, 7) is 4.11. The summed E-state index contributed by atoms with van der Waals surface area (Å²) in [6, 6.07) is 1.71. The molecule has 0 radical (unpaired) electrons. The van der Waals surface area contributed by atoms with Crippen molar-refractivity contribution >= 4 is 5.91 Å². The zero-order chi connectivity index (χ0) is 8.97. The van der Waals surface area contributed by atoms with Gasteiger partial charge in [0.1, 0.15) is 0 Å². The Morgan fingerprint density at radius 1 is 1.75 bits per heavy atom. The number of H-pyrrole nitrogens is 1. The molecule has 0 saturated heterocycles. The Morgan fingerprint density at radius 3 is 3.00 bits per heavy atom. The number of hydrogen-bond acceptors (Lipinski definition) is 2. The number of nitrogens with one attached hydrogen (secondary N) is 2. The number of aryl methyl sites for hydroxylation is 1. The van der Waals surface area contributed by atoms with E-state index >= 15 is 0 Å². The van der Waals surface area contributed by atoms with E-state index in [9.17, 15) is 4.79 Å². The van der Waals surface area contributed by atoms with E-state index in [1.54, 1.807) is 12.3 Å². The lowest BCUT2D eigenvalue weighted by atomic mass is 10.2. The number of carbonyl (C=O) groups is 1. The van der Waals surface area contributed by atoms with Gasteiger partial charge in [-0.1, -0.05) is 0 Å². The van der Waals surface area contributed by atoms with Crippen molar-refractivity contribution in [2.75, 3.05) is 6.61 Å². The Bertz CT molecular complexity index is 268. The summed E-state index contributed by atoms with van der Waals surface area (Å²) in [5.74, 6) is -0.212. The van der Waals surface area contributed by atoms with Crippen LogP contribution in [0.2, 0.25) is 0 Å². The van der Waals surface area contributed by atoms with Gasteiger partial charge < -0.3 is 4.98 Å². The number of aromatic nitrogens is 1. The fourth-order valence-electron chi connectivity index (χ4n) is 0.891. The first-order valence-corrected chi connectivity index (χ1v) is 3.81. The monoisotopic (exact) mass is 168 g/mol. The predicted molar refractivity (Wildman–Crippen MR) is 44.6 cm³/mol. The van der Waals surface area contributed by atoms with Crippen molar-refractivity contribution in [2.24, 2.45) is 0 Å². The fraction of sp³-hybridized carbons (Fsp3) is 0.375. The highest BCUT2D eigenvalue weighted by molar-refractivity contribution is 5.94. The smallest absolute Gasteiger partial charge is 0.276 e. The molecule has 0 aliphatic heterocycles. The predicted octanol–water partition coefficient (Wildman–Crippen LogP) is 1.00. The van der Waals surface area contributed by atoms with Crippen LogP contribution < -0.4 is 5.48 Å². The molecule has 1 aromatic rings. The molecule has 12 heavy (non-hydrogen) atoms. The minimum Gasteiger partial charge on any atom is -0.365 e. The largest absolute Gasteiger partial charge is 0.365 e. The Kier molecular flexibility index (Phi) is 2.88. The zero-order valence-electron chi connectivity index (χ0n) is 7.18. The summed E-state index contributed by atoms with van der Waals surface area (Å²) in [5, 5.41) is 0. The first-order chi connectivity index (χ1) is 5.75. The Labute approximate surface area is 70.9 Å². The maximum Gasteiger partial charge on any atom is 0.276 e. The van der Waals surface area contributed by atoms with Gasteiger partial charge in [0.25, 0.3) is 5.91 Å². The standard InChI is InChI=1S/C8H12N2O2/c1-3-12-10-8(11)7-4-5-9-6(7)2/h4-5,9H,3H2,1-2H3,(H,10,11). The first-order valence-electron chi connectivity index (χ1n) is 3.81. The molecule has 4 heteroatoms. The third kappa shape index (κ3) is 1.85. The zero-order valence-corrected chi connectivity index (χ0v) is 7.18. The van der Waals surface area contributed by atoms with Gasteiger partial charge in [-0.2, -0.15) is 0 Å². The van der Waals surface area contributed by atoms with Crippen molar-refractivity contribution in [3.05, 3.63) is 23.5 Å². The van der Waals surface area contributed by atoms with Gasteiger partial charge in [-0.25, -0.2) is 5.48 Å². The van der Waals surface area contributed by atoms with Crippen LogP contribution in [-0.2, 0) is 4.84 Å². The average Bonchev–Trinajstić information content (AvgIpc) is 2.47. The minimum absolute atomic E-state index is 0.212. The summed E-state index contributed by atoms with van der Waals surface area (Å²) in [5.41, 5.74) is 3.77. The normalized spacial score (nSPS) is 9.83. The van der Waals surface area contributed by atoms with Crippen LogP contribution in [0.5, 0.6) is 0 Å². The van der Waals surface area contributed by atoms with E-state index in [4.69, 9.17) is 4.84 Å². The summed E-state index contributed by atoms with van der Waals surface area (Å²) in [4.78, 5) is 18.9. The van der Waals surface area contributed by atoms with Crippen LogP contribution in [0, 0.1) is 6.92 Å². The van der Waals surface area contributed by atoms with E-state index in [0.717, 1.165) is 5.69 Å².